The molecule has 0 atom stereocenters. The Morgan fingerprint density at radius 3 is 2.44 bits per heavy atom. The minimum absolute atomic E-state index is 0.164. The fourth-order valence-electron chi connectivity index (χ4n) is 1.67. The molecule has 1 aromatic carbocycles. The maximum Gasteiger partial charge on any atom is 0.141 e. The van der Waals surface area contributed by atoms with E-state index in [4.69, 9.17) is 11.6 Å². The largest absolute Gasteiger partial charge is 0.299 e. The van der Waals surface area contributed by atoms with Crippen LogP contribution < -0.4 is 0 Å². The number of rotatable bonds is 4. The summed E-state index contributed by atoms with van der Waals surface area (Å²) >= 11 is 9.14. The van der Waals surface area contributed by atoms with Gasteiger partial charge in [-0.25, -0.2) is 0 Å². The third kappa shape index (κ3) is 3.93. The number of hydrogen-bond donors (Lipinski definition) is 0. The van der Waals surface area contributed by atoms with Crippen LogP contribution in [0.15, 0.2) is 47.2 Å². The summed E-state index contributed by atoms with van der Waals surface area (Å²) in [6, 6.07) is 9.25. The molecule has 2 aromatic rings. The molecule has 0 N–H and O–H groups in total. The van der Waals surface area contributed by atoms with Crippen molar-refractivity contribution in [1.29, 1.82) is 0 Å². The Morgan fingerprint density at radius 1 is 1.11 bits per heavy atom. The minimum Gasteiger partial charge on any atom is -0.299 e. The molecule has 0 fully saturated rings. The lowest BCUT2D eigenvalue weighted by atomic mass is 10.0. The predicted octanol–water partition coefficient (Wildman–Crippen LogP) is 3.85. The highest BCUT2D eigenvalue weighted by molar-refractivity contribution is 9.10. The number of aromatic nitrogens is 1. The van der Waals surface area contributed by atoms with Crippen LogP contribution in [-0.2, 0) is 17.6 Å². The van der Waals surface area contributed by atoms with Crippen LogP contribution in [0.1, 0.15) is 11.1 Å². The molecule has 0 unspecified atom stereocenters. The topological polar surface area (TPSA) is 30.0 Å². The Morgan fingerprint density at radius 2 is 1.78 bits per heavy atom. The van der Waals surface area contributed by atoms with E-state index in [1.165, 1.54) is 0 Å². The van der Waals surface area contributed by atoms with Gasteiger partial charge in [0.2, 0.25) is 0 Å². The van der Waals surface area contributed by atoms with E-state index in [9.17, 15) is 4.79 Å². The summed E-state index contributed by atoms with van der Waals surface area (Å²) in [5, 5.41) is 0.683. The summed E-state index contributed by atoms with van der Waals surface area (Å²) in [4.78, 5) is 15.9. The first kappa shape index (κ1) is 13.2. The molecular weight excluding hydrogens is 314 g/mol. The number of nitrogens with zero attached hydrogens (tertiary/aromatic N) is 1. The van der Waals surface area contributed by atoms with Crippen LogP contribution in [0.5, 0.6) is 0 Å². The third-order valence-electron chi connectivity index (χ3n) is 2.48. The van der Waals surface area contributed by atoms with Crippen LogP contribution in [0.2, 0.25) is 5.02 Å². The molecule has 4 heteroatoms. The molecule has 2 nitrogen and oxygen atoms in total. The molecule has 0 aliphatic carbocycles. The van der Waals surface area contributed by atoms with E-state index in [0.717, 1.165) is 15.6 Å². The fraction of sp³-hybridized carbons (Fsp3) is 0.143. The van der Waals surface area contributed by atoms with Gasteiger partial charge in [-0.3, -0.25) is 9.78 Å². The van der Waals surface area contributed by atoms with Crippen molar-refractivity contribution < 1.29 is 4.79 Å². The van der Waals surface area contributed by atoms with Crippen LogP contribution in [0.3, 0.4) is 0 Å². The van der Waals surface area contributed by atoms with Gasteiger partial charge in [0.25, 0.3) is 0 Å². The molecule has 0 aliphatic heterocycles. The monoisotopic (exact) mass is 323 g/mol. The molecule has 1 heterocycles. The van der Waals surface area contributed by atoms with E-state index in [-0.39, 0.29) is 5.78 Å². The number of Topliss-reactive ketones (excluding diaryl/α,β-unsaturated/α-hetero) is 1. The number of pyridine rings is 1. The maximum absolute atomic E-state index is 11.9. The van der Waals surface area contributed by atoms with Crippen molar-refractivity contribution in [2.75, 3.05) is 0 Å². The zero-order chi connectivity index (χ0) is 13.0. The highest BCUT2D eigenvalue weighted by atomic mass is 79.9. The van der Waals surface area contributed by atoms with Crippen molar-refractivity contribution in [3.05, 3.63) is 63.3 Å². The SMILES string of the molecule is O=C(Cc1ccc(Cl)cc1)Cc1cncc(Br)c1. The number of halogens is 2. The van der Waals surface area contributed by atoms with Crippen LogP contribution in [-0.4, -0.2) is 10.8 Å². The summed E-state index contributed by atoms with van der Waals surface area (Å²) in [5.41, 5.74) is 1.90. The van der Waals surface area contributed by atoms with E-state index < -0.39 is 0 Å². The molecule has 18 heavy (non-hydrogen) atoms. The Balaban J connectivity index is 1.98. The average molecular weight is 325 g/mol. The Kier molecular flexibility index (Phi) is 4.50. The first-order valence-corrected chi connectivity index (χ1v) is 6.66. The fourth-order valence-corrected chi connectivity index (χ4v) is 2.21. The van der Waals surface area contributed by atoms with Crippen LogP contribution in [0.4, 0.5) is 0 Å². The lowest BCUT2D eigenvalue weighted by Crippen LogP contribution is -2.06. The molecule has 0 aliphatic rings. The zero-order valence-electron chi connectivity index (χ0n) is 9.57. The molecule has 0 radical (unpaired) electrons. The number of carbonyl (C=O) groups is 1. The molecule has 92 valence electrons. The number of ketones is 1. The van der Waals surface area contributed by atoms with Gasteiger partial charge < -0.3 is 0 Å². The van der Waals surface area contributed by atoms with Gasteiger partial charge in [0.05, 0.1) is 0 Å². The Hall–Kier alpha value is -1.19. The molecule has 0 bridgehead atoms. The van der Waals surface area contributed by atoms with Crippen molar-refractivity contribution in [1.82, 2.24) is 4.98 Å². The van der Waals surface area contributed by atoms with Gasteiger partial charge in [0, 0.05) is 34.7 Å². The van der Waals surface area contributed by atoms with E-state index in [0.29, 0.717) is 17.9 Å². The Labute approximate surface area is 119 Å². The maximum atomic E-state index is 11.9. The van der Waals surface area contributed by atoms with Gasteiger partial charge in [-0.2, -0.15) is 0 Å². The van der Waals surface area contributed by atoms with Crippen LogP contribution in [0.25, 0.3) is 0 Å². The predicted molar refractivity (Wildman–Crippen MR) is 75.8 cm³/mol. The molecule has 1 aromatic heterocycles. The second-order valence-corrected chi connectivity index (χ2v) is 5.38. The van der Waals surface area contributed by atoms with Crippen molar-refractivity contribution >= 4 is 33.3 Å². The normalized spacial score (nSPS) is 10.3. The van der Waals surface area contributed by atoms with E-state index >= 15 is 0 Å². The standard InChI is InChI=1S/C14H11BrClNO/c15-12-5-11(8-17-9-12)7-14(18)6-10-1-3-13(16)4-2-10/h1-5,8-9H,6-7H2. The second kappa shape index (κ2) is 6.12. The molecule has 0 amide bonds. The smallest absolute Gasteiger partial charge is 0.141 e. The summed E-state index contributed by atoms with van der Waals surface area (Å²) in [7, 11) is 0. The number of carbonyl (C=O) groups excluding carboxylic acids is 1. The van der Waals surface area contributed by atoms with Crippen molar-refractivity contribution in [2.45, 2.75) is 12.8 Å². The quantitative estimate of drug-likeness (QED) is 0.855. The summed E-state index contributed by atoms with van der Waals surface area (Å²) in [6.45, 7) is 0. The van der Waals surface area contributed by atoms with E-state index in [1.54, 1.807) is 24.5 Å². The van der Waals surface area contributed by atoms with E-state index in [2.05, 4.69) is 20.9 Å². The number of benzene rings is 1. The van der Waals surface area contributed by atoms with Crippen LogP contribution >= 0.6 is 27.5 Å². The van der Waals surface area contributed by atoms with Gasteiger partial charge in [-0.15, -0.1) is 0 Å². The summed E-state index contributed by atoms with van der Waals surface area (Å²) < 4.78 is 0.888. The molecule has 0 saturated carbocycles. The Bertz CT molecular complexity index is 554. The van der Waals surface area contributed by atoms with Gasteiger partial charge >= 0.3 is 0 Å². The molecule has 2 rings (SSSR count). The van der Waals surface area contributed by atoms with E-state index in [1.807, 2.05) is 18.2 Å². The molecule has 0 spiro atoms. The summed E-state index contributed by atoms with van der Waals surface area (Å²) in [5.74, 6) is 0.164. The first-order chi connectivity index (χ1) is 8.63. The van der Waals surface area contributed by atoms with Gasteiger partial charge in [0.1, 0.15) is 5.78 Å². The van der Waals surface area contributed by atoms with Gasteiger partial charge in [-0.1, -0.05) is 23.7 Å². The highest BCUT2D eigenvalue weighted by Gasteiger charge is 2.06. The van der Waals surface area contributed by atoms with Crippen molar-refractivity contribution in [3.63, 3.8) is 0 Å². The second-order valence-electron chi connectivity index (χ2n) is 4.03. The minimum atomic E-state index is 0.164. The summed E-state index contributed by atoms with van der Waals surface area (Å²) in [6.07, 6.45) is 4.23. The van der Waals surface area contributed by atoms with Gasteiger partial charge in [-0.05, 0) is 45.3 Å². The van der Waals surface area contributed by atoms with Crippen molar-refractivity contribution in [2.24, 2.45) is 0 Å². The van der Waals surface area contributed by atoms with Gasteiger partial charge in [0.15, 0.2) is 0 Å². The number of hydrogen-bond acceptors (Lipinski definition) is 2. The lowest BCUT2D eigenvalue weighted by Gasteiger charge is -2.02. The highest BCUT2D eigenvalue weighted by Crippen LogP contribution is 2.13. The average Bonchev–Trinajstić information content (AvgIpc) is 2.32. The third-order valence-corrected chi connectivity index (χ3v) is 3.16. The first-order valence-electron chi connectivity index (χ1n) is 5.49. The molecule has 0 saturated heterocycles. The zero-order valence-corrected chi connectivity index (χ0v) is 11.9. The molecular formula is C14H11BrClNO. The van der Waals surface area contributed by atoms with Crippen molar-refractivity contribution in [3.8, 4) is 0 Å². The lowest BCUT2D eigenvalue weighted by molar-refractivity contribution is -0.117. The van der Waals surface area contributed by atoms with Crippen LogP contribution in [0, 0.1) is 0 Å².